The van der Waals surface area contributed by atoms with E-state index >= 15 is 0 Å². The molecule has 0 atom stereocenters. The lowest BCUT2D eigenvalue weighted by Crippen LogP contribution is -2.51. The molecule has 6 heteroatoms. The van der Waals surface area contributed by atoms with E-state index in [2.05, 4.69) is 11.9 Å². The summed E-state index contributed by atoms with van der Waals surface area (Å²) in [5.74, 6) is 0.631. The van der Waals surface area contributed by atoms with Gasteiger partial charge in [-0.05, 0) is 36.2 Å². The molecule has 27 heavy (non-hydrogen) atoms. The van der Waals surface area contributed by atoms with E-state index < -0.39 is 0 Å². The minimum atomic E-state index is -0.0522. The maximum atomic E-state index is 12.4. The number of aromatic nitrogens is 1. The van der Waals surface area contributed by atoms with E-state index in [1.165, 1.54) is 5.56 Å². The SMILES string of the molecule is CCCc1ccc(OCC(=O)N2CCN(C(=O)c3ccncc3)CC2)cc1. The molecule has 0 aliphatic carbocycles. The molecule has 0 unspecified atom stereocenters. The maximum Gasteiger partial charge on any atom is 0.260 e. The van der Waals surface area contributed by atoms with Gasteiger partial charge in [-0.1, -0.05) is 25.5 Å². The second-order valence-corrected chi connectivity index (χ2v) is 6.59. The van der Waals surface area contributed by atoms with Crippen LogP contribution in [0.15, 0.2) is 48.8 Å². The number of hydrogen-bond acceptors (Lipinski definition) is 4. The minimum absolute atomic E-state index is 0.0193. The van der Waals surface area contributed by atoms with Crippen molar-refractivity contribution in [1.29, 1.82) is 0 Å². The summed E-state index contributed by atoms with van der Waals surface area (Å²) in [5, 5.41) is 0. The van der Waals surface area contributed by atoms with Crippen molar-refractivity contribution in [2.45, 2.75) is 19.8 Å². The monoisotopic (exact) mass is 367 g/mol. The first-order valence-corrected chi connectivity index (χ1v) is 9.36. The van der Waals surface area contributed by atoms with Crippen LogP contribution in [0.1, 0.15) is 29.3 Å². The van der Waals surface area contributed by atoms with Crippen LogP contribution in [0, 0.1) is 0 Å². The molecule has 2 aromatic rings. The molecule has 0 spiro atoms. The molecule has 2 heterocycles. The molecule has 1 aromatic carbocycles. The van der Waals surface area contributed by atoms with E-state index in [0.29, 0.717) is 37.5 Å². The second-order valence-electron chi connectivity index (χ2n) is 6.59. The normalized spacial score (nSPS) is 14.1. The highest BCUT2D eigenvalue weighted by atomic mass is 16.5. The molecule has 3 rings (SSSR count). The molecule has 0 radical (unpaired) electrons. The quantitative estimate of drug-likeness (QED) is 0.787. The van der Waals surface area contributed by atoms with Crippen molar-refractivity contribution >= 4 is 11.8 Å². The average molecular weight is 367 g/mol. The van der Waals surface area contributed by atoms with Gasteiger partial charge in [0.05, 0.1) is 0 Å². The topological polar surface area (TPSA) is 62.7 Å². The summed E-state index contributed by atoms with van der Waals surface area (Å²) >= 11 is 0. The molecule has 1 fully saturated rings. The van der Waals surface area contributed by atoms with Crippen LogP contribution in [-0.4, -0.2) is 59.4 Å². The van der Waals surface area contributed by atoms with Gasteiger partial charge in [0.2, 0.25) is 0 Å². The number of carbonyl (C=O) groups is 2. The van der Waals surface area contributed by atoms with Crippen molar-refractivity contribution in [3.05, 3.63) is 59.9 Å². The fourth-order valence-corrected chi connectivity index (χ4v) is 3.11. The lowest BCUT2D eigenvalue weighted by molar-refractivity contribution is -0.134. The molecular formula is C21H25N3O3. The lowest BCUT2D eigenvalue weighted by atomic mass is 10.1. The first kappa shape index (κ1) is 18.9. The smallest absolute Gasteiger partial charge is 0.260 e. The fourth-order valence-electron chi connectivity index (χ4n) is 3.11. The van der Waals surface area contributed by atoms with Crippen molar-refractivity contribution in [1.82, 2.24) is 14.8 Å². The molecule has 1 aliphatic rings. The van der Waals surface area contributed by atoms with Crippen LogP contribution in [0.3, 0.4) is 0 Å². The number of carbonyl (C=O) groups excluding carboxylic acids is 2. The van der Waals surface area contributed by atoms with Gasteiger partial charge in [0.25, 0.3) is 11.8 Å². The number of ether oxygens (including phenoxy) is 1. The largest absolute Gasteiger partial charge is 0.484 e. The summed E-state index contributed by atoms with van der Waals surface area (Å²) in [6.07, 6.45) is 5.37. The summed E-state index contributed by atoms with van der Waals surface area (Å²) in [6, 6.07) is 11.3. The number of nitrogens with zero attached hydrogens (tertiary/aromatic N) is 3. The Labute approximate surface area is 159 Å². The zero-order chi connectivity index (χ0) is 19.1. The van der Waals surface area contributed by atoms with Gasteiger partial charge in [-0.3, -0.25) is 14.6 Å². The van der Waals surface area contributed by atoms with Gasteiger partial charge in [-0.2, -0.15) is 0 Å². The van der Waals surface area contributed by atoms with Crippen LogP contribution < -0.4 is 4.74 Å². The van der Waals surface area contributed by atoms with Gasteiger partial charge in [0.15, 0.2) is 6.61 Å². The van der Waals surface area contributed by atoms with Crippen LogP contribution in [-0.2, 0) is 11.2 Å². The third kappa shape index (κ3) is 5.06. The van der Waals surface area contributed by atoms with E-state index in [-0.39, 0.29) is 18.4 Å². The van der Waals surface area contributed by atoms with Crippen LogP contribution in [0.25, 0.3) is 0 Å². The maximum absolute atomic E-state index is 12.4. The molecule has 0 N–H and O–H groups in total. The van der Waals surface area contributed by atoms with Crippen molar-refractivity contribution < 1.29 is 14.3 Å². The number of hydrogen-bond donors (Lipinski definition) is 0. The van der Waals surface area contributed by atoms with Crippen LogP contribution in [0.5, 0.6) is 5.75 Å². The van der Waals surface area contributed by atoms with Crippen molar-refractivity contribution in [2.75, 3.05) is 32.8 Å². The zero-order valence-corrected chi connectivity index (χ0v) is 15.6. The summed E-state index contributed by atoms with van der Waals surface area (Å²) < 4.78 is 5.62. The molecule has 0 saturated carbocycles. The number of pyridine rings is 1. The molecular weight excluding hydrogens is 342 g/mol. The Morgan fingerprint density at radius 1 is 0.963 bits per heavy atom. The standard InChI is InChI=1S/C21H25N3O3/c1-2-3-17-4-6-19(7-5-17)27-16-20(25)23-12-14-24(15-13-23)21(26)18-8-10-22-11-9-18/h4-11H,2-3,12-16H2,1H3. The first-order chi connectivity index (χ1) is 13.2. The Balaban J connectivity index is 1.45. The number of piperazine rings is 1. The average Bonchev–Trinajstić information content (AvgIpc) is 2.73. The molecule has 0 bridgehead atoms. The minimum Gasteiger partial charge on any atom is -0.484 e. The number of benzene rings is 1. The predicted octanol–water partition coefficient (Wildman–Crippen LogP) is 2.40. The summed E-state index contributed by atoms with van der Waals surface area (Å²) in [6.45, 7) is 4.26. The van der Waals surface area contributed by atoms with Crippen molar-refractivity contribution in [2.24, 2.45) is 0 Å². The fraction of sp³-hybridized carbons (Fsp3) is 0.381. The second kappa shape index (κ2) is 9.16. The highest BCUT2D eigenvalue weighted by Crippen LogP contribution is 2.14. The van der Waals surface area contributed by atoms with Gasteiger partial charge in [0, 0.05) is 44.1 Å². The van der Waals surface area contributed by atoms with E-state index in [4.69, 9.17) is 4.74 Å². The molecule has 2 amide bonds. The molecule has 1 saturated heterocycles. The molecule has 6 nitrogen and oxygen atoms in total. The van der Waals surface area contributed by atoms with Crippen molar-refractivity contribution in [3.63, 3.8) is 0 Å². The third-order valence-electron chi connectivity index (χ3n) is 4.67. The van der Waals surface area contributed by atoms with Crippen LogP contribution in [0.2, 0.25) is 0 Å². The van der Waals surface area contributed by atoms with E-state index in [1.807, 2.05) is 24.3 Å². The Kier molecular flexibility index (Phi) is 6.41. The van der Waals surface area contributed by atoms with E-state index in [0.717, 1.165) is 12.8 Å². The van der Waals surface area contributed by atoms with E-state index in [1.54, 1.807) is 34.3 Å². The summed E-state index contributed by atoms with van der Waals surface area (Å²) in [5.41, 5.74) is 1.89. The predicted molar refractivity (Wildman–Crippen MR) is 103 cm³/mol. The van der Waals surface area contributed by atoms with Gasteiger partial charge in [-0.15, -0.1) is 0 Å². The Morgan fingerprint density at radius 2 is 1.59 bits per heavy atom. The van der Waals surface area contributed by atoms with Gasteiger partial charge in [-0.25, -0.2) is 0 Å². The third-order valence-corrected chi connectivity index (χ3v) is 4.67. The highest BCUT2D eigenvalue weighted by Gasteiger charge is 2.25. The van der Waals surface area contributed by atoms with Crippen LogP contribution in [0.4, 0.5) is 0 Å². The zero-order valence-electron chi connectivity index (χ0n) is 15.6. The highest BCUT2D eigenvalue weighted by molar-refractivity contribution is 5.94. The van der Waals surface area contributed by atoms with Crippen molar-refractivity contribution in [3.8, 4) is 5.75 Å². The molecule has 142 valence electrons. The lowest BCUT2D eigenvalue weighted by Gasteiger charge is -2.34. The Bertz CT molecular complexity index is 754. The number of aryl methyl sites for hydroxylation is 1. The number of amides is 2. The Hall–Kier alpha value is -2.89. The first-order valence-electron chi connectivity index (χ1n) is 9.36. The van der Waals surface area contributed by atoms with Gasteiger partial charge >= 0.3 is 0 Å². The van der Waals surface area contributed by atoms with Gasteiger partial charge in [0.1, 0.15) is 5.75 Å². The van der Waals surface area contributed by atoms with Crippen LogP contribution >= 0.6 is 0 Å². The molecule has 1 aromatic heterocycles. The number of rotatable bonds is 6. The Morgan fingerprint density at radius 3 is 2.22 bits per heavy atom. The van der Waals surface area contributed by atoms with Gasteiger partial charge < -0.3 is 14.5 Å². The summed E-state index contributed by atoms with van der Waals surface area (Å²) in [4.78, 5) is 32.3. The summed E-state index contributed by atoms with van der Waals surface area (Å²) in [7, 11) is 0. The molecule has 1 aliphatic heterocycles. The van der Waals surface area contributed by atoms with E-state index in [9.17, 15) is 9.59 Å².